The molecular weight excluding hydrogens is 324 g/mol. The molecule has 0 heterocycles. The zero-order chi connectivity index (χ0) is 18.7. The third-order valence-corrected chi connectivity index (χ3v) is 10.6. The van der Waals surface area contributed by atoms with Crippen LogP contribution in [0.5, 0.6) is 0 Å². The summed E-state index contributed by atoms with van der Waals surface area (Å²) in [6, 6.07) is 10.7. The molecule has 3 atom stereocenters. The number of rotatable bonds is 3. The predicted octanol–water partition coefficient (Wildman–Crippen LogP) is 6.04. The highest BCUT2D eigenvalue weighted by atomic mass is 28.4. The van der Waals surface area contributed by atoms with E-state index < -0.39 is 8.32 Å². The lowest BCUT2D eigenvalue weighted by Crippen LogP contribution is -2.44. The van der Waals surface area contributed by atoms with Crippen LogP contribution in [-0.2, 0) is 4.43 Å². The normalized spacial score (nSPS) is 26.6. The minimum atomic E-state index is -1.80. The van der Waals surface area contributed by atoms with Crippen molar-refractivity contribution in [3.05, 3.63) is 48.0 Å². The molecule has 0 spiro atoms. The quantitative estimate of drug-likeness (QED) is 0.526. The number of benzene rings is 1. The first-order valence-electron chi connectivity index (χ1n) is 9.68. The summed E-state index contributed by atoms with van der Waals surface area (Å²) in [4.78, 5) is 0. The SMILES string of the molecule is C=C1C[C@@H](c2ccccc2)C[C@@H](O[Si](C)(C)C(C)(C)C)CCC[C@@H]1O. The van der Waals surface area contributed by atoms with Gasteiger partial charge < -0.3 is 9.53 Å². The van der Waals surface area contributed by atoms with Crippen molar-refractivity contribution in [1.82, 2.24) is 0 Å². The molecule has 2 nitrogen and oxygen atoms in total. The maximum atomic E-state index is 10.4. The fraction of sp³-hybridized carbons (Fsp3) is 0.636. The summed E-state index contributed by atoms with van der Waals surface area (Å²) >= 11 is 0. The van der Waals surface area contributed by atoms with E-state index in [0.717, 1.165) is 37.7 Å². The van der Waals surface area contributed by atoms with Crippen molar-refractivity contribution in [2.45, 2.75) is 89.1 Å². The second-order valence-electron chi connectivity index (χ2n) is 9.15. The van der Waals surface area contributed by atoms with Gasteiger partial charge in [0.1, 0.15) is 0 Å². The fourth-order valence-corrected chi connectivity index (χ4v) is 4.79. The molecule has 0 aliphatic heterocycles. The monoisotopic (exact) mass is 360 g/mol. The zero-order valence-corrected chi connectivity index (χ0v) is 17.7. The molecule has 0 aromatic heterocycles. The van der Waals surface area contributed by atoms with E-state index >= 15 is 0 Å². The van der Waals surface area contributed by atoms with E-state index in [1.807, 2.05) is 0 Å². The highest BCUT2D eigenvalue weighted by Gasteiger charge is 2.39. The average Bonchev–Trinajstić information content (AvgIpc) is 2.58. The summed E-state index contributed by atoms with van der Waals surface area (Å²) in [6.45, 7) is 15.7. The minimum absolute atomic E-state index is 0.219. The molecule has 1 aromatic carbocycles. The first-order valence-corrected chi connectivity index (χ1v) is 12.6. The Hall–Kier alpha value is -0.903. The standard InChI is InChI=1S/C22H36O2Si/c1-17-15-19(18-11-8-7-9-12-18)16-20(13-10-14-21(17)23)24-25(5,6)22(2,3)4/h7-9,11-12,19-21,23H,1,10,13-16H2,2-6H3/t19-,20+,21+/m1/s1. The van der Waals surface area contributed by atoms with E-state index in [1.54, 1.807) is 0 Å². The Morgan fingerprint density at radius 2 is 1.76 bits per heavy atom. The molecule has 1 N–H and O–H groups in total. The van der Waals surface area contributed by atoms with Gasteiger partial charge in [0.15, 0.2) is 8.32 Å². The average molecular weight is 361 g/mol. The van der Waals surface area contributed by atoms with Crippen molar-refractivity contribution in [2.24, 2.45) is 0 Å². The maximum Gasteiger partial charge on any atom is 0.192 e. The van der Waals surface area contributed by atoms with Crippen LogP contribution in [0.2, 0.25) is 18.1 Å². The van der Waals surface area contributed by atoms with Gasteiger partial charge in [-0.05, 0) is 67.3 Å². The Labute approximate surface area is 155 Å². The molecule has 3 heteroatoms. The molecule has 1 saturated carbocycles. The van der Waals surface area contributed by atoms with Crippen LogP contribution < -0.4 is 0 Å². The van der Waals surface area contributed by atoms with E-state index in [-0.39, 0.29) is 17.2 Å². The predicted molar refractivity (Wildman–Crippen MR) is 109 cm³/mol. The van der Waals surface area contributed by atoms with Crippen LogP contribution in [-0.4, -0.2) is 25.6 Å². The van der Waals surface area contributed by atoms with Gasteiger partial charge in [0, 0.05) is 6.10 Å². The summed E-state index contributed by atoms with van der Waals surface area (Å²) in [5.74, 6) is 0.371. The van der Waals surface area contributed by atoms with E-state index in [2.05, 4.69) is 70.8 Å². The van der Waals surface area contributed by atoms with E-state index in [1.165, 1.54) is 5.56 Å². The van der Waals surface area contributed by atoms with Crippen LogP contribution in [0.4, 0.5) is 0 Å². The Morgan fingerprint density at radius 1 is 1.12 bits per heavy atom. The van der Waals surface area contributed by atoms with E-state index in [9.17, 15) is 5.11 Å². The molecule has 1 aliphatic rings. The Bertz CT molecular complexity index is 559. The van der Waals surface area contributed by atoms with Crippen LogP contribution in [0.3, 0.4) is 0 Å². The highest BCUT2D eigenvalue weighted by Crippen LogP contribution is 2.40. The molecule has 1 aliphatic carbocycles. The van der Waals surface area contributed by atoms with Crippen LogP contribution in [0, 0.1) is 0 Å². The summed E-state index contributed by atoms with van der Waals surface area (Å²) in [7, 11) is -1.80. The van der Waals surface area contributed by atoms with Crippen LogP contribution >= 0.6 is 0 Å². The summed E-state index contributed by atoms with van der Waals surface area (Å²) in [5.41, 5.74) is 2.31. The van der Waals surface area contributed by atoms with Gasteiger partial charge in [-0.3, -0.25) is 0 Å². The minimum Gasteiger partial charge on any atom is -0.414 e. The Balaban J connectivity index is 2.23. The van der Waals surface area contributed by atoms with Gasteiger partial charge in [0.25, 0.3) is 0 Å². The van der Waals surface area contributed by atoms with Crippen molar-refractivity contribution in [3.63, 3.8) is 0 Å². The van der Waals surface area contributed by atoms with Crippen molar-refractivity contribution in [2.75, 3.05) is 0 Å². The molecule has 2 rings (SSSR count). The Morgan fingerprint density at radius 3 is 2.36 bits per heavy atom. The van der Waals surface area contributed by atoms with Gasteiger partial charge in [-0.1, -0.05) is 57.7 Å². The smallest absolute Gasteiger partial charge is 0.192 e. The molecule has 1 aromatic rings. The molecular formula is C22H36O2Si. The maximum absolute atomic E-state index is 10.4. The number of hydrogen-bond acceptors (Lipinski definition) is 2. The zero-order valence-electron chi connectivity index (χ0n) is 16.7. The van der Waals surface area contributed by atoms with E-state index in [0.29, 0.717) is 5.92 Å². The van der Waals surface area contributed by atoms with Gasteiger partial charge in [0.05, 0.1) is 6.10 Å². The lowest BCUT2D eigenvalue weighted by molar-refractivity contribution is 0.146. The van der Waals surface area contributed by atoms with Crippen LogP contribution in [0.1, 0.15) is 64.4 Å². The van der Waals surface area contributed by atoms with Gasteiger partial charge in [-0.15, -0.1) is 0 Å². The fourth-order valence-electron chi connectivity index (χ4n) is 3.39. The summed E-state index contributed by atoms with van der Waals surface area (Å²) in [6.07, 6.45) is 4.59. The molecule has 0 saturated heterocycles. The third kappa shape index (κ3) is 5.53. The topological polar surface area (TPSA) is 29.5 Å². The first kappa shape index (κ1) is 20.4. The van der Waals surface area contributed by atoms with Gasteiger partial charge >= 0.3 is 0 Å². The molecule has 0 amide bonds. The van der Waals surface area contributed by atoms with Crippen LogP contribution in [0.25, 0.3) is 0 Å². The van der Waals surface area contributed by atoms with Crippen molar-refractivity contribution < 1.29 is 9.53 Å². The van der Waals surface area contributed by atoms with Crippen molar-refractivity contribution in [3.8, 4) is 0 Å². The van der Waals surface area contributed by atoms with Crippen molar-refractivity contribution in [1.29, 1.82) is 0 Å². The molecule has 0 radical (unpaired) electrons. The Kier molecular flexibility index (Phi) is 6.69. The number of hydrogen-bond donors (Lipinski definition) is 1. The van der Waals surface area contributed by atoms with Crippen molar-refractivity contribution >= 4 is 8.32 Å². The number of aliphatic hydroxyl groups is 1. The summed E-state index contributed by atoms with van der Waals surface area (Å²) < 4.78 is 6.78. The molecule has 25 heavy (non-hydrogen) atoms. The molecule has 140 valence electrons. The lowest BCUT2D eigenvalue weighted by atomic mass is 9.87. The van der Waals surface area contributed by atoms with Gasteiger partial charge in [-0.25, -0.2) is 0 Å². The summed E-state index contributed by atoms with van der Waals surface area (Å²) in [5, 5.41) is 10.6. The second kappa shape index (κ2) is 8.19. The molecule has 0 unspecified atom stereocenters. The largest absolute Gasteiger partial charge is 0.414 e. The lowest BCUT2D eigenvalue weighted by Gasteiger charge is -2.40. The molecule has 1 fully saturated rings. The third-order valence-electron chi connectivity index (χ3n) is 6.07. The number of aliphatic hydroxyl groups excluding tert-OH is 1. The van der Waals surface area contributed by atoms with Crippen LogP contribution in [0.15, 0.2) is 42.5 Å². The molecule has 0 bridgehead atoms. The van der Waals surface area contributed by atoms with Gasteiger partial charge in [0.2, 0.25) is 0 Å². The van der Waals surface area contributed by atoms with Gasteiger partial charge in [-0.2, -0.15) is 0 Å². The highest BCUT2D eigenvalue weighted by molar-refractivity contribution is 6.74. The first-order chi connectivity index (χ1) is 11.6. The van der Waals surface area contributed by atoms with E-state index in [4.69, 9.17) is 4.43 Å². The second-order valence-corrected chi connectivity index (χ2v) is 13.9.